The van der Waals surface area contributed by atoms with Crippen molar-refractivity contribution in [1.82, 2.24) is 9.62 Å². The van der Waals surface area contributed by atoms with Crippen molar-refractivity contribution < 1.29 is 31.1 Å². The summed E-state index contributed by atoms with van der Waals surface area (Å²) in [6.45, 7) is 1.80. The molecule has 3 rings (SSSR count). The number of benzene rings is 2. The highest BCUT2D eigenvalue weighted by atomic mass is 32.2. The SMILES string of the molecule is CCCCC(N=C1NS(=O)(=O)c2ccccc21)C(=O)N(C)Cc1ccccc1OC(F)(F)F. The van der Waals surface area contributed by atoms with Crippen LogP contribution in [0.4, 0.5) is 13.2 Å². The first-order chi connectivity index (χ1) is 15.5. The molecule has 33 heavy (non-hydrogen) atoms. The summed E-state index contributed by atoms with van der Waals surface area (Å²) in [5.41, 5.74) is 0.554. The molecule has 0 aliphatic carbocycles. The summed E-state index contributed by atoms with van der Waals surface area (Å²) in [5.74, 6) is -0.755. The molecule has 1 aliphatic heterocycles. The first-order valence-corrected chi connectivity index (χ1v) is 11.8. The van der Waals surface area contributed by atoms with E-state index >= 15 is 0 Å². The molecule has 178 valence electrons. The van der Waals surface area contributed by atoms with Gasteiger partial charge in [-0.15, -0.1) is 13.2 Å². The molecule has 0 saturated carbocycles. The fraction of sp³-hybridized carbons (Fsp3) is 0.364. The number of nitrogens with one attached hydrogen (secondary N) is 1. The van der Waals surface area contributed by atoms with Crippen LogP contribution in [0.2, 0.25) is 0 Å². The van der Waals surface area contributed by atoms with Gasteiger partial charge in [0.05, 0.1) is 4.90 Å². The molecule has 0 spiro atoms. The van der Waals surface area contributed by atoms with Gasteiger partial charge in [0, 0.05) is 24.7 Å². The Labute approximate surface area is 190 Å². The third-order valence-corrected chi connectivity index (χ3v) is 6.44. The summed E-state index contributed by atoms with van der Waals surface area (Å²) >= 11 is 0. The average molecular weight is 484 g/mol. The molecule has 1 atom stereocenters. The van der Waals surface area contributed by atoms with Crippen molar-refractivity contribution in [2.24, 2.45) is 4.99 Å². The summed E-state index contributed by atoms with van der Waals surface area (Å²) in [6, 6.07) is 11.0. The molecule has 2 aromatic carbocycles. The number of fused-ring (bicyclic) bond motifs is 1. The quantitative estimate of drug-likeness (QED) is 0.618. The van der Waals surface area contributed by atoms with Gasteiger partial charge in [0.2, 0.25) is 5.91 Å². The molecule has 2 aromatic rings. The number of para-hydroxylation sites is 1. The van der Waals surface area contributed by atoms with E-state index in [-0.39, 0.29) is 22.8 Å². The Morgan fingerprint density at radius 1 is 1.15 bits per heavy atom. The van der Waals surface area contributed by atoms with E-state index in [0.29, 0.717) is 18.4 Å². The molecule has 0 aromatic heterocycles. The molecule has 7 nitrogen and oxygen atoms in total. The highest BCUT2D eigenvalue weighted by molar-refractivity contribution is 7.90. The van der Waals surface area contributed by atoms with Gasteiger partial charge < -0.3 is 9.64 Å². The van der Waals surface area contributed by atoms with Gasteiger partial charge in [0.1, 0.15) is 17.6 Å². The van der Waals surface area contributed by atoms with Gasteiger partial charge in [0.15, 0.2) is 0 Å². The maximum atomic E-state index is 13.2. The van der Waals surface area contributed by atoms with Crippen LogP contribution in [0.3, 0.4) is 0 Å². The normalized spacial score (nSPS) is 16.7. The fourth-order valence-electron chi connectivity index (χ4n) is 3.47. The van der Waals surface area contributed by atoms with E-state index in [4.69, 9.17) is 0 Å². The van der Waals surface area contributed by atoms with Crippen LogP contribution in [0.25, 0.3) is 0 Å². The number of hydrogen-bond acceptors (Lipinski definition) is 5. The minimum atomic E-state index is -4.86. The number of halogens is 3. The van der Waals surface area contributed by atoms with Crippen LogP contribution in [0.15, 0.2) is 58.4 Å². The number of carbonyl (C=O) groups excluding carboxylic acids is 1. The molecule has 1 amide bonds. The highest BCUT2D eigenvalue weighted by Crippen LogP contribution is 2.28. The van der Waals surface area contributed by atoms with E-state index in [9.17, 15) is 26.4 Å². The number of carbonyl (C=O) groups is 1. The number of amides is 1. The van der Waals surface area contributed by atoms with E-state index in [1.54, 1.807) is 24.3 Å². The number of rotatable bonds is 8. The predicted molar refractivity (Wildman–Crippen MR) is 116 cm³/mol. The number of alkyl halides is 3. The summed E-state index contributed by atoms with van der Waals surface area (Å²) < 4.78 is 69.3. The van der Waals surface area contributed by atoms with Crippen LogP contribution in [0, 0.1) is 0 Å². The van der Waals surface area contributed by atoms with E-state index < -0.39 is 34.1 Å². The van der Waals surface area contributed by atoms with E-state index in [2.05, 4.69) is 14.5 Å². The van der Waals surface area contributed by atoms with Crippen molar-refractivity contribution in [3.05, 3.63) is 59.7 Å². The van der Waals surface area contributed by atoms with Gasteiger partial charge in [-0.05, 0) is 24.6 Å². The predicted octanol–water partition coefficient (Wildman–Crippen LogP) is 3.84. The van der Waals surface area contributed by atoms with Gasteiger partial charge in [0.25, 0.3) is 10.0 Å². The number of likely N-dealkylation sites (N-methyl/N-ethyl adjacent to an activating group) is 1. The maximum Gasteiger partial charge on any atom is 0.573 e. The summed E-state index contributed by atoms with van der Waals surface area (Å²) in [7, 11) is -2.31. The number of nitrogens with zero attached hydrogens (tertiary/aromatic N) is 2. The Morgan fingerprint density at radius 3 is 2.52 bits per heavy atom. The second-order valence-electron chi connectivity index (χ2n) is 7.59. The van der Waals surface area contributed by atoms with Gasteiger partial charge in [-0.25, -0.2) is 8.42 Å². The molecule has 11 heteroatoms. The zero-order chi connectivity index (χ0) is 24.2. The Balaban J connectivity index is 1.86. The Hall–Kier alpha value is -3.08. The van der Waals surface area contributed by atoms with Crippen LogP contribution in [0.5, 0.6) is 5.75 Å². The van der Waals surface area contributed by atoms with Crippen LogP contribution in [-0.2, 0) is 21.4 Å². The second-order valence-corrected chi connectivity index (χ2v) is 9.24. The summed E-state index contributed by atoms with van der Waals surface area (Å²) in [5, 5.41) is 0. The molecule has 0 radical (unpaired) electrons. The van der Waals surface area contributed by atoms with Crippen LogP contribution < -0.4 is 9.46 Å². The molecule has 1 aliphatic rings. The Kier molecular flexibility index (Phi) is 7.31. The molecular formula is C22H24F3N3O4S. The topological polar surface area (TPSA) is 88.1 Å². The first-order valence-electron chi connectivity index (χ1n) is 10.3. The van der Waals surface area contributed by atoms with Gasteiger partial charge in [-0.2, -0.15) is 0 Å². The Bertz CT molecular complexity index is 1150. The average Bonchev–Trinajstić information content (AvgIpc) is 3.01. The standard InChI is InChI=1S/C22H24F3N3O4S/c1-3-4-11-17(26-20-16-10-6-8-13-19(16)33(30,31)27-20)21(29)28(2)14-15-9-5-7-12-18(15)32-22(23,24)25/h5-10,12-13,17H,3-4,11,14H2,1-2H3,(H,26,27). The third kappa shape index (κ3) is 6.04. The second kappa shape index (κ2) is 9.82. The smallest absolute Gasteiger partial charge is 0.405 e. The van der Waals surface area contributed by atoms with Crippen molar-refractivity contribution in [3.63, 3.8) is 0 Å². The lowest BCUT2D eigenvalue weighted by atomic mass is 10.1. The van der Waals surface area contributed by atoms with E-state index in [1.807, 2.05) is 6.92 Å². The molecule has 0 bridgehead atoms. The molecule has 0 fully saturated rings. The van der Waals surface area contributed by atoms with Gasteiger partial charge in [-0.3, -0.25) is 14.5 Å². The lowest BCUT2D eigenvalue weighted by Gasteiger charge is -2.23. The van der Waals surface area contributed by atoms with E-state index in [1.165, 1.54) is 36.2 Å². The summed E-state index contributed by atoms with van der Waals surface area (Å²) in [6.07, 6.45) is -3.07. The van der Waals surface area contributed by atoms with Gasteiger partial charge >= 0.3 is 6.36 Å². The van der Waals surface area contributed by atoms with Gasteiger partial charge in [-0.1, -0.05) is 50.1 Å². The lowest BCUT2D eigenvalue weighted by molar-refractivity contribution is -0.275. The number of amidine groups is 1. The number of hydrogen-bond donors (Lipinski definition) is 1. The fourth-order valence-corrected chi connectivity index (χ4v) is 4.71. The van der Waals surface area contributed by atoms with Crippen molar-refractivity contribution in [2.45, 2.75) is 50.0 Å². The largest absolute Gasteiger partial charge is 0.573 e. The number of ether oxygens (including phenoxy) is 1. The molecule has 1 heterocycles. The van der Waals surface area contributed by atoms with Crippen LogP contribution >= 0.6 is 0 Å². The minimum Gasteiger partial charge on any atom is -0.405 e. The zero-order valence-electron chi connectivity index (χ0n) is 18.1. The Morgan fingerprint density at radius 2 is 1.82 bits per heavy atom. The van der Waals surface area contributed by atoms with Crippen molar-refractivity contribution in [1.29, 1.82) is 0 Å². The van der Waals surface area contributed by atoms with Crippen molar-refractivity contribution in [3.8, 4) is 5.75 Å². The number of sulfonamides is 1. The maximum absolute atomic E-state index is 13.2. The first kappa shape index (κ1) is 24.6. The van der Waals surface area contributed by atoms with Crippen molar-refractivity contribution in [2.75, 3.05) is 7.05 Å². The molecule has 1 N–H and O–H groups in total. The number of unbranched alkanes of at least 4 members (excludes halogenated alkanes) is 1. The number of aliphatic imine (C=N–C) groups is 1. The van der Waals surface area contributed by atoms with Crippen LogP contribution in [-0.4, -0.2) is 44.5 Å². The van der Waals surface area contributed by atoms with Crippen LogP contribution in [0.1, 0.15) is 37.3 Å². The molecule has 1 unspecified atom stereocenters. The highest BCUT2D eigenvalue weighted by Gasteiger charge is 2.34. The molecule has 0 saturated heterocycles. The third-order valence-electron chi connectivity index (χ3n) is 5.05. The molecular weight excluding hydrogens is 459 g/mol. The zero-order valence-corrected chi connectivity index (χ0v) is 18.9. The summed E-state index contributed by atoms with van der Waals surface area (Å²) in [4.78, 5) is 19.0. The van der Waals surface area contributed by atoms with Crippen molar-refractivity contribution >= 4 is 21.8 Å². The van der Waals surface area contributed by atoms with E-state index in [0.717, 1.165) is 6.42 Å². The minimum absolute atomic E-state index is 0.0780. The monoisotopic (exact) mass is 483 g/mol. The lowest BCUT2D eigenvalue weighted by Crippen LogP contribution is -2.37.